The molecule has 1 aromatic heterocycles. The molecule has 1 heterocycles. The lowest BCUT2D eigenvalue weighted by Gasteiger charge is -2.07. The highest BCUT2D eigenvalue weighted by molar-refractivity contribution is 5.57. The van der Waals surface area contributed by atoms with E-state index in [1.165, 1.54) is 0 Å². The third-order valence-electron chi connectivity index (χ3n) is 2.81. The first-order chi connectivity index (χ1) is 8.52. The number of aromatic nitrogens is 2. The van der Waals surface area contributed by atoms with Gasteiger partial charge in [-0.3, -0.25) is 4.68 Å². The molecule has 5 heteroatoms. The van der Waals surface area contributed by atoms with E-state index in [0.717, 1.165) is 11.4 Å². The maximum atomic E-state index is 8.92. The van der Waals surface area contributed by atoms with Crippen LogP contribution in [0.25, 0.3) is 0 Å². The molecule has 1 aromatic carbocycles. The Balaban J connectivity index is 2.38. The Morgan fingerprint density at radius 3 is 2.67 bits per heavy atom. The van der Waals surface area contributed by atoms with Crippen molar-refractivity contribution in [2.45, 2.75) is 13.8 Å². The maximum Gasteiger partial charge on any atom is 0.171 e. The Labute approximate surface area is 105 Å². The number of rotatable bonds is 2. The van der Waals surface area contributed by atoms with Gasteiger partial charge in [0.05, 0.1) is 11.3 Å². The first-order valence-corrected chi connectivity index (χ1v) is 5.50. The fraction of sp³-hybridized carbons (Fsp3) is 0.231. The van der Waals surface area contributed by atoms with Crippen molar-refractivity contribution in [3.63, 3.8) is 0 Å². The van der Waals surface area contributed by atoms with E-state index in [2.05, 4.69) is 5.10 Å². The van der Waals surface area contributed by atoms with Gasteiger partial charge in [0.2, 0.25) is 0 Å². The lowest BCUT2D eigenvalue weighted by atomic mass is 10.2. The number of nitrogens with two attached hydrogens (primary N) is 1. The number of nitrogen functional groups attached to an aromatic ring is 1. The summed E-state index contributed by atoms with van der Waals surface area (Å²) in [4.78, 5) is 0. The summed E-state index contributed by atoms with van der Waals surface area (Å²) >= 11 is 0. The van der Waals surface area contributed by atoms with Crippen molar-refractivity contribution >= 4 is 5.69 Å². The summed E-state index contributed by atoms with van der Waals surface area (Å²) in [5.74, 6) is 1.30. The quantitative estimate of drug-likeness (QED) is 0.819. The SMILES string of the molecule is Cc1nn(C)c(C)c1Oc1ccc(N)c(C#N)c1. The summed E-state index contributed by atoms with van der Waals surface area (Å²) in [7, 11) is 1.86. The second-order valence-electron chi connectivity index (χ2n) is 4.09. The minimum absolute atomic E-state index is 0.409. The number of nitrogens with zero attached hydrogens (tertiary/aromatic N) is 3. The molecule has 0 spiro atoms. The standard InChI is InChI=1S/C13H14N4O/c1-8-13(9(2)17(3)16-8)18-11-4-5-12(15)10(6-11)7-14/h4-6H,15H2,1-3H3. The van der Waals surface area contributed by atoms with Crippen molar-refractivity contribution in [3.05, 3.63) is 35.2 Å². The normalized spacial score (nSPS) is 10.1. The van der Waals surface area contributed by atoms with Crippen LogP contribution in [-0.2, 0) is 7.05 Å². The molecule has 0 saturated heterocycles. The monoisotopic (exact) mass is 242 g/mol. The average molecular weight is 242 g/mol. The molecule has 2 rings (SSSR count). The molecule has 92 valence electrons. The predicted molar refractivity (Wildman–Crippen MR) is 68.3 cm³/mol. The lowest BCUT2D eigenvalue weighted by Crippen LogP contribution is -1.94. The largest absolute Gasteiger partial charge is 0.453 e. The summed E-state index contributed by atoms with van der Waals surface area (Å²) in [6.07, 6.45) is 0. The van der Waals surface area contributed by atoms with Gasteiger partial charge in [-0.05, 0) is 26.0 Å². The van der Waals surface area contributed by atoms with Gasteiger partial charge in [0, 0.05) is 18.8 Å². The summed E-state index contributed by atoms with van der Waals surface area (Å²) < 4.78 is 7.53. The first-order valence-electron chi connectivity index (χ1n) is 5.50. The van der Waals surface area contributed by atoms with E-state index in [-0.39, 0.29) is 0 Å². The summed E-state index contributed by atoms with van der Waals surface area (Å²) in [6, 6.07) is 7.06. The van der Waals surface area contributed by atoms with E-state index >= 15 is 0 Å². The highest BCUT2D eigenvalue weighted by Crippen LogP contribution is 2.29. The van der Waals surface area contributed by atoms with Crippen LogP contribution in [-0.4, -0.2) is 9.78 Å². The van der Waals surface area contributed by atoms with Crippen LogP contribution in [0.1, 0.15) is 17.0 Å². The Morgan fingerprint density at radius 2 is 2.11 bits per heavy atom. The molecule has 0 atom stereocenters. The molecular weight excluding hydrogens is 228 g/mol. The van der Waals surface area contributed by atoms with Crippen LogP contribution in [0.3, 0.4) is 0 Å². The topological polar surface area (TPSA) is 76.9 Å². The molecule has 0 aliphatic carbocycles. The summed E-state index contributed by atoms with van der Waals surface area (Å²) in [5, 5.41) is 13.2. The Kier molecular flexibility index (Phi) is 2.94. The van der Waals surface area contributed by atoms with Gasteiger partial charge < -0.3 is 10.5 Å². The van der Waals surface area contributed by atoms with Gasteiger partial charge in [0.15, 0.2) is 5.75 Å². The van der Waals surface area contributed by atoms with E-state index in [9.17, 15) is 0 Å². The van der Waals surface area contributed by atoms with E-state index < -0.39 is 0 Å². The Morgan fingerprint density at radius 1 is 1.39 bits per heavy atom. The number of hydrogen-bond acceptors (Lipinski definition) is 4. The van der Waals surface area contributed by atoms with Crippen LogP contribution in [0.15, 0.2) is 18.2 Å². The molecular formula is C13H14N4O. The number of benzene rings is 1. The van der Waals surface area contributed by atoms with E-state index in [1.54, 1.807) is 22.9 Å². The number of anilines is 1. The van der Waals surface area contributed by atoms with Crippen LogP contribution in [0.2, 0.25) is 0 Å². The van der Waals surface area contributed by atoms with Gasteiger partial charge in [-0.1, -0.05) is 0 Å². The first kappa shape index (κ1) is 12.0. The number of nitriles is 1. The average Bonchev–Trinajstić information content (AvgIpc) is 2.58. The molecule has 2 aromatic rings. The third-order valence-corrected chi connectivity index (χ3v) is 2.81. The van der Waals surface area contributed by atoms with Crippen LogP contribution >= 0.6 is 0 Å². The molecule has 0 amide bonds. The Bertz CT molecular complexity index is 637. The van der Waals surface area contributed by atoms with Crippen molar-refractivity contribution in [1.82, 2.24) is 9.78 Å². The summed E-state index contributed by atoms with van der Waals surface area (Å²) in [6.45, 7) is 3.81. The number of ether oxygens (including phenoxy) is 1. The molecule has 0 fully saturated rings. The lowest BCUT2D eigenvalue weighted by molar-refractivity contribution is 0.474. The van der Waals surface area contributed by atoms with Gasteiger partial charge in [0.1, 0.15) is 17.5 Å². The van der Waals surface area contributed by atoms with Crippen molar-refractivity contribution in [2.24, 2.45) is 7.05 Å². The smallest absolute Gasteiger partial charge is 0.171 e. The van der Waals surface area contributed by atoms with Crippen molar-refractivity contribution in [3.8, 4) is 17.6 Å². The highest BCUT2D eigenvalue weighted by atomic mass is 16.5. The van der Waals surface area contributed by atoms with Gasteiger partial charge >= 0.3 is 0 Å². The number of hydrogen-bond donors (Lipinski definition) is 1. The van der Waals surface area contributed by atoms with Crippen molar-refractivity contribution in [2.75, 3.05) is 5.73 Å². The zero-order valence-electron chi connectivity index (χ0n) is 10.6. The van der Waals surface area contributed by atoms with Gasteiger partial charge in [-0.2, -0.15) is 10.4 Å². The van der Waals surface area contributed by atoms with E-state index in [0.29, 0.717) is 22.7 Å². The van der Waals surface area contributed by atoms with Crippen LogP contribution in [0.4, 0.5) is 5.69 Å². The molecule has 2 N–H and O–H groups in total. The van der Waals surface area contributed by atoms with Gasteiger partial charge in [0.25, 0.3) is 0 Å². The zero-order valence-corrected chi connectivity index (χ0v) is 10.6. The third kappa shape index (κ3) is 2.00. The fourth-order valence-corrected chi connectivity index (χ4v) is 1.72. The molecule has 0 saturated carbocycles. The second-order valence-corrected chi connectivity index (χ2v) is 4.09. The fourth-order valence-electron chi connectivity index (χ4n) is 1.72. The van der Waals surface area contributed by atoms with Crippen molar-refractivity contribution in [1.29, 1.82) is 5.26 Å². The van der Waals surface area contributed by atoms with Crippen LogP contribution in [0, 0.1) is 25.2 Å². The van der Waals surface area contributed by atoms with Crippen LogP contribution < -0.4 is 10.5 Å². The zero-order chi connectivity index (χ0) is 13.3. The molecule has 5 nitrogen and oxygen atoms in total. The van der Waals surface area contributed by atoms with Crippen LogP contribution in [0.5, 0.6) is 11.5 Å². The molecule has 0 bridgehead atoms. The minimum Gasteiger partial charge on any atom is -0.453 e. The van der Waals surface area contributed by atoms with E-state index in [1.807, 2.05) is 27.0 Å². The Hall–Kier alpha value is -2.48. The number of aryl methyl sites for hydroxylation is 2. The molecule has 0 aliphatic rings. The van der Waals surface area contributed by atoms with Gasteiger partial charge in [-0.25, -0.2) is 0 Å². The summed E-state index contributed by atoms with van der Waals surface area (Å²) in [5.41, 5.74) is 8.26. The predicted octanol–water partition coefficient (Wildman–Crippen LogP) is 2.28. The van der Waals surface area contributed by atoms with Crippen molar-refractivity contribution < 1.29 is 4.74 Å². The second kappa shape index (κ2) is 4.41. The van der Waals surface area contributed by atoms with Gasteiger partial charge in [-0.15, -0.1) is 0 Å². The maximum absolute atomic E-state index is 8.92. The van der Waals surface area contributed by atoms with E-state index in [4.69, 9.17) is 15.7 Å². The molecule has 0 unspecified atom stereocenters. The molecule has 0 radical (unpaired) electrons. The minimum atomic E-state index is 0.409. The molecule has 0 aliphatic heterocycles. The highest BCUT2D eigenvalue weighted by Gasteiger charge is 2.12. The molecule has 18 heavy (non-hydrogen) atoms.